The van der Waals surface area contributed by atoms with Gasteiger partial charge in [-0.3, -0.25) is 4.79 Å². The first-order chi connectivity index (χ1) is 12.2. The first-order valence-corrected chi connectivity index (χ1v) is 7.88. The Bertz CT molecular complexity index is 893. The highest BCUT2D eigenvalue weighted by molar-refractivity contribution is 5.76. The van der Waals surface area contributed by atoms with Crippen LogP contribution in [0.15, 0.2) is 53.3 Å². The Morgan fingerprint density at radius 1 is 1.16 bits per heavy atom. The maximum atomic E-state index is 12.3. The highest BCUT2D eigenvalue weighted by atomic mass is 16.5. The maximum absolute atomic E-state index is 12.3. The summed E-state index contributed by atoms with van der Waals surface area (Å²) in [5.41, 5.74) is 1.23. The van der Waals surface area contributed by atoms with Crippen molar-refractivity contribution in [2.45, 2.75) is 19.3 Å². The molecule has 0 fully saturated rings. The van der Waals surface area contributed by atoms with Gasteiger partial charge in [0.05, 0.1) is 38.4 Å². The zero-order valence-electron chi connectivity index (χ0n) is 13.8. The van der Waals surface area contributed by atoms with Gasteiger partial charge in [-0.2, -0.15) is 0 Å². The average molecular weight is 341 g/mol. The minimum absolute atomic E-state index is 0.0271. The summed E-state index contributed by atoms with van der Waals surface area (Å²) < 4.78 is 11.8. The summed E-state index contributed by atoms with van der Waals surface area (Å²) in [7, 11) is 1.61. The van der Waals surface area contributed by atoms with Gasteiger partial charge in [0.2, 0.25) is 0 Å². The lowest BCUT2D eigenvalue weighted by atomic mass is 10.2. The van der Waals surface area contributed by atoms with Gasteiger partial charge in [0, 0.05) is 0 Å². The van der Waals surface area contributed by atoms with E-state index in [1.165, 1.54) is 0 Å². The van der Waals surface area contributed by atoms with Crippen LogP contribution in [0.4, 0.5) is 0 Å². The number of aromatic nitrogens is 3. The maximum Gasteiger partial charge on any atom is 0.277 e. The predicted molar refractivity (Wildman–Crippen MR) is 92.5 cm³/mol. The number of aliphatic hydroxyl groups is 1. The number of methoxy groups -OCH3 is 1. The molecule has 1 N–H and O–H groups in total. The molecule has 1 heterocycles. The minimum atomic E-state index is -0.855. The van der Waals surface area contributed by atoms with Crippen LogP contribution in [0.3, 0.4) is 0 Å². The van der Waals surface area contributed by atoms with E-state index in [0.717, 1.165) is 16.0 Å². The first kappa shape index (κ1) is 17.1. The molecule has 0 saturated heterocycles. The molecule has 7 heteroatoms. The molecule has 1 unspecified atom stereocenters. The van der Waals surface area contributed by atoms with Gasteiger partial charge >= 0.3 is 0 Å². The van der Waals surface area contributed by atoms with Gasteiger partial charge in [-0.05, 0) is 29.8 Å². The van der Waals surface area contributed by atoms with Gasteiger partial charge in [0.15, 0.2) is 0 Å². The third kappa shape index (κ3) is 4.20. The van der Waals surface area contributed by atoms with Gasteiger partial charge in [-0.1, -0.05) is 29.5 Å². The van der Waals surface area contributed by atoms with Crippen molar-refractivity contribution in [2.75, 3.05) is 13.7 Å². The zero-order valence-corrected chi connectivity index (χ0v) is 13.8. The summed E-state index contributed by atoms with van der Waals surface area (Å²) >= 11 is 0. The van der Waals surface area contributed by atoms with Crippen molar-refractivity contribution < 1.29 is 14.6 Å². The first-order valence-electron chi connectivity index (χ1n) is 7.88. The van der Waals surface area contributed by atoms with E-state index in [1.807, 2.05) is 24.3 Å². The molecule has 0 aliphatic heterocycles. The second kappa shape index (κ2) is 7.87. The van der Waals surface area contributed by atoms with E-state index in [2.05, 4.69) is 10.3 Å². The Morgan fingerprint density at radius 2 is 1.92 bits per heavy atom. The van der Waals surface area contributed by atoms with E-state index in [4.69, 9.17) is 9.47 Å². The van der Waals surface area contributed by atoms with Crippen molar-refractivity contribution in [2.24, 2.45) is 0 Å². The van der Waals surface area contributed by atoms with E-state index in [1.54, 1.807) is 31.4 Å². The lowest BCUT2D eigenvalue weighted by Gasteiger charge is -2.12. The Hall–Kier alpha value is -2.77. The zero-order chi connectivity index (χ0) is 17.6. The molecule has 0 radical (unpaired) electrons. The van der Waals surface area contributed by atoms with E-state index >= 15 is 0 Å². The molecule has 0 aliphatic carbocycles. The van der Waals surface area contributed by atoms with Gasteiger partial charge in [-0.15, -0.1) is 5.10 Å². The summed E-state index contributed by atoms with van der Waals surface area (Å²) in [6.07, 6.45) is -0.855. The highest BCUT2D eigenvalue weighted by Crippen LogP contribution is 2.12. The topological polar surface area (TPSA) is 86.5 Å². The Kier molecular flexibility index (Phi) is 5.37. The fraction of sp³-hybridized carbons (Fsp3) is 0.278. The SMILES string of the molecule is COc1ccc(COCC(O)Cn2nnc3ccccc3c2=O)cc1. The van der Waals surface area contributed by atoms with Crippen LogP contribution in [0.1, 0.15) is 5.56 Å². The number of rotatable bonds is 7. The van der Waals surface area contributed by atoms with Crippen molar-refractivity contribution >= 4 is 10.9 Å². The molecule has 130 valence electrons. The quantitative estimate of drug-likeness (QED) is 0.699. The summed E-state index contributed by atoms with van der Waals surface area (Å²) in [6.45, 7) is 0.478. The fourth-order valence-electron chi connectivity index (χ4n) is 2.43. The van der Waals surface area contributed by atoms with Crippen molar-refractivity contribution in [3.8, 4) is 5.75 Å². The lowest BCUT2D eigenvalue weighted by molar-refractivity contribution is 0.0177. The van der Waals surface area contributed by atoms with Crippen LogP contribution < -0.4 is 10.3 Å². The molecule has 0 saturated carbocycles. The standard InChI is InChI=1S/C18H19N3O4/c1-24-15-8-6-13(7-9-15)11-25-12-14(22)10-21-18(23)16-4-2-3-5-17(16)19-20-21/h2-9,14,22H,10-12H2,1H3. The molecule has 3 aromatic rings. The third-order valence-corrected chi connectivity index (χ3v) is 3.75. The van der Waals surface area contributed by atoms with Gasteiger partial charge in [0.25, 0.3) is 5.56 Å². The number of fused-ring (bicyclic) bond motifs is 1. The summed E-state index contributed by atoms with van der Waals surface area (Å²) in [4.78, 5) is 12.3. The van der Waals surface area contributed by atoms with Crippen molar-refractivity contribution in [3.05, 3.63) is 64.4 Å². The second-order valence-corrected chi connectivity index (χ2v) is 5.61. The molecule has 0 amide bonds. The van der Waals surface area contributed by atoms with Crippen LogP contribution >= 0.6 is 0 Å². The monoisotopic (exact) mass is 341 g/mol. The van der Waals surface area contributed by atoms with Crippen LogP contribution in [-0.2, 0) is 17.9 Å². The lowest BCUT2D eigenvalue weighted by Crippen LogP contribution is -2.31. The molecule has 1 aromatic heterocycles. The van der Waals surface area contributed by atoms with Crippen LogP contribution in [0.25, 0.3) is 10.9 Å². The molecule has 0 aliphatic rings. The van der Waals surface area contributed by atoms with Crippen molar-refractivity contribution in [3.63, 3.8) is 0 Å². The molecule has 25 heavy (non-hydrogen) atoms. The van der Waals surface area contributed by atoms with Gasteiger partial charge < -0.3 is 14.6 Å². The smallest absolute Gasteiger partial charge is 0.277 e. The fourth-order valence-corrected chi connectivity index (χ4v) is 2.43. The molecule has 1 atom stereocenters. The van der Waals surface area contributed by atoms with Gasteiger partial charge in [-0.25, -0.2) is 4.68 Å². The Morgan fingerprint density at radius 3 is 2.68 bits per heavy atom. The Balaban J connectivity index is 1.56. The van der Waals surface area contributed by atoms with Crippen molar-refractivity contribution in [1.29, 1.82) is 0 Å². The third-order valence-electron chi connectivity index (χ3n) is 3.75. The highest BCUT2D eigenvalue weighted by Gasteiger charge is 2.11. The van der Waals surface area contributed by atoms with Crippen LogP contribution in [0.2, 0.25) is 0 Å². The number of benzene rings is 2. The van der Waals surface area contributed by atoms with Gasteiger partial charge in [0.1, 0.15) is 11.3 Å². The molecule has 3 rings (SSSR count). The summed E-state index contributed by atoms with van der Waals surface area (Å²) in [5, 5.41) is 18.4. The van der Waals surface area contributed by atoms with E-state index in [0.29, 0.717) is 17.5 Å². The minimum Gasteiger partial charge on any atom is -0.497 e. The van der Waals surface area contributed by atoms with E-state index < -0.39 is 6.10 Å². The van der Waals surface area contributed by atoms with Crippen LogP contribution in [-0.4, -0.2) is 39.9 Å². The molecule has 0 spiro atoms. The molecule has 2 aromatic carbocycles. The number of aliphatic hydroxyl groups excluding tert-OH is 1. The van der Waals surface area contributed by atoms with Crippen LogP contribution in [0.5, 0.6) is 5.75 Å². The number of hydrogen-bond acceptors (Lipinski definition) is 6. The molecule has 7 nitrogen and oxygen atoms in total. The number of ether oxygens (including phenoxy) is 2. The Labute approximate surface area is 144 Å². The average Bonchev–Trinajstić information content (AvgIpc) is 2.65. The second-order valence-electron chi connectivity index (χ2n) is 5.61. The summed E-state index contributed by atoms with van der Waals surface area (Å²) in [6, 6.07) is 14.5. The van der Waals surface area contributed by atoms with Crippen LogP contribution in [0, 0.1) is 0 Å². The van der Waals surface area contributed by atoms with E-state index in [9.17, 15) is 9.90 Å². The largest absolute Gasteiger partial charge is 0.497 e. The predicted octanol–water partition coefficient (Wildman–Crippen LogP) is 1.38. The molecular weight excluding hydrogens is 322 g/mol. The number of nitrogens with zero attached hydrogens (tertiary/aromatic N) is 3. The van der Waals surface area contributed by atoms with Crippen molar-refractivity contribution in [1.82, 2.24) is 15.0 Å². The normalized spacial score (nSPS) is 12.2. The molecular formula is C18H19N3O4. The van der Waals surface area contributed by atoms with E-state index in [-0.39, 0.29) is 18.7 Å². The number of hydrogen-bond donors (Lipinski definition) is 1. The summed E-state index contributed by atoms with van der Waals surface area (Å²) in [5.74, 6) is 0.776. The molecule has 0 bridgehead atoms.